The molecule has 0 unspecified atom stereocenters. The summed E-state index contributed by atoms with van der Waals surface area (Å²) in [6, 6.07) is 8.66. The van der Waals surface area contributed by atoms with Crippen LogP contribution in [-0.4, -0.2) is 15.4 Å². The van der Waals surface area contributed by atoms with Gasteiger partial charge in [-0.05, 0) is 78.7 Å². The molecule has 0 radical (unpaired) electrons. The van der Waals surface area contributed by atoms with Crippen LogP contribution in [0, 0.1) is 19.7 Å². The molecule has 0 atom stereocenters. The van der Waals surface area contributed by atoms with Gasteiger partial charge in [-0.25, -0.2) is 8.78 Å². The van der Waals surface area contributed by atoms with Gasteiger partial charge < -0.3 is 9.84 Å². The van der Waals surface area contributed by atoms with Crippen molar-refractivity contribution in [3.63, 3.8) is 0 Å². The van der Waals surface area contributed by atoms with Crippen LogP contribution in [0.1, 0.15) is 46.0 Å². The average molecular weight is 446 g/mol. The van der Waals surface area contributed by atoms with Gasteiger partial charge in [-0.3, -0.25) is 4.79 Å². The van der Waals surface area contributed by atoms with E-state index in [-0.39, 0.29) is 18.8 Å². The first-order valence-corrected chi connectivity index (χ1v) is 10.9. The number of carboxylic acids is 1. The molecule has 164 valence electrons. The maximum absolute atomic E-state index is 14.7. The van der Waals surface area contributed by atoms with Gasteiger partial charge in [-0.1, -0.05) is 19.1 Å². The van der Waals surface area contributed by atoms with Crippen molar-refractivity contribution in [2.75, 3.05) is 0 Å². The zero-order valence-corrected chi connectivity index (χ0v) is 18.6. The van der Waals surface area contributed by atoms with Crippen LogP contribution < -0.4 is 4.74 Å². The number of halogens is 2. The molecule has 3 rings (SSSR count). The molecule has 1 N–H and O–H groups in total. The number of hydrogen-bond acceptors (Lipinski definition) is 4. The van der Waals surface area contributed by atoms with Gasteiger partial charge in [0.1, 0.15) is 24.8 Å². The van der Waals surface area contributed by atoms with Crippen LogP contribution in [0.2, 0.25) is 0 Å². The molecule has 0 aliphatic carbocycles. The highest BCUT2D eigenvalue weighted by Crippen LogP contribution is 2.33. The van der Waals surface area contributed by atoms with E-state index < -0.39 is 12.6 Å². The van der Waals surface area contributed by atoms with Crippen LogP contribution in [-0.2, 0) is 30.9 Å². The number of benzene rings is 2. The molecule has 0 saturated carbocycles. The lowest BCUT2D eigenvalue weighted by Crippen LogP contribution is -2.04. The first-order chi connectivity index (χ1) is 14.8. The summed E-state index contributed by atoms with van der Waals surface area (Å²) in [7, 11) is 0. The molecule has 0 bridgehead atoms. The van der Waals surface area contributed by atoms with E-state index in [1.807, 2.05) is 32.9 Å². The van der Waals surface area contributed by atoms with Crippen molar-refractivity contribution >= 4 is 17.5 Å². The Hall–Kier alpha value is -2.80. The predicted octanol–water partition coefficient (Wildman–Crippen LogP) is 6.19. The largest absolute Gasteiger partial charge is 0.488 e. The molecule has 2 aromatic carbocycles. The fraction of sp³-hybridized carbons (Fsp3) is 0.333. The van der Waals surface area contributed by atoms with Gasteiger partial charge in [-0.2, -0.15) is 4.37 Å². The molecule has 0 amide bonds. The summed E-state index contributed by atoms with van der Waals surface area (Å²) < 4.78 is 38.5. The first kappa shape index (κ1) is 22.9. The number of rotatable bonds is 9. The molecule has 0 spiro atoms. The Balaban J connectivity index is 1.86. The fourth-order valence-corrected chi connectivity index (χ4v) is 4.17. The van der Waals surface area contributed by atoms with Gasteiger partial charge in [0.2, 0.25) is 0 Å². The van der Waals surface area contributed by atoms with Gasteiger partial charge in [0.25, 0.3) is 0 Å². The molecule has 0 aliphatic heterocycles. The van der Waals surface area contributed by atoms with E-state index in [9.17, 15) is 13.6 Å². The van der Waals surface area contributed by atoms with Crippen LogP contribution in [0.4, 0.5) is 8.78 Å². The van der Waals surface area contributed by atoms with E-state index in [4.69, 9.17) is 9.84 Å². The molecule has 4 nitrogen and oxygen atoms in total. The van der Waals surface area contributed by atoms with E-state index >= 15 is 0 Å². The van der Waals surface area contributed by atoms with Crippen LogP contribution in [0.25, 0.3) is 11.3 Å². The molecule has 7 heteroatoms. The third-order valence-electron chi connectivity index (χ3n) is 5.52. The molecule has 1 heterocycles. The lowest BCUT2D eigenvalue weighted by atomic mass is 9.99. The molecule has 0 fully saturated rings. The quantitative estimate of drug-likeness (QED) is 0.426. The highest BCUT2D eigenvalue weighted by atomic mass is 32.1. The zero-order chi connectivity index (χ0) is 22.5. The van der Waals surface area contributed by atoms with Gasteiger partial charge in [0.15, 0.2) is 0 Å². The van der Waals surface area contributed by atoms with Crippen molar-refractivity contribution in [1.29, 1.82) is 0 Å². The van der Waals surface area contributed by atoms with Crippen molar-refractivity contribution in [3.8, 4) is 17.0 Å². The number of aryl methyl sites for hydroxylation is 2. The van der Waals surface area contributed by atoms with Crippen molar-refractivity contribution in [1.82, 2.24) is 4.37 Å². The number of ether oxygens (including phenoxy) is 1. The fourth-order valence-electron chi connectivity index (χ4n) is 3.45. The lowest BCUT2D eigenvalue weighted by Gasteiger charge is -2.15. The summed E-state index contributed by atoms with van der Waals surface area (Å²) in [5.41, 5.74) is 4.99. The summed E-state index contributed by atoms with van der Waals surface area (Å²) in [4.78, 5) is 11.3. The van der Waals surface area contributed by atoms with Crippen LogP contribution in [0.15, 0.2) is 30.3 Å². The van der Waals surface area contributed by atoms with Crippen LogP contribution >= 0.6 is 11.5 Å². The Kier molecular flexibility index (Phi) is 7.38. The van der Waals surface area contributed by atoms with E-state index in [0.29, 0.717) is 33.9 Å². The number of aromatic nitrogens is 1. The summed E-state index contributed by atoms with van der Waals surface area (Å²) in [5, 5.41) is 8.91. The molecule has 3 aromatic rings. The number of alkyl halides is 1. The summed E-state index contributed by atoms with van der Waals surface area (Å²) in [6.45, 7) is 5.15. The lowest BCUT2D eigenvalue weighted by molar-refractivity contribution is -0.136. The van der Waals surface area contributed by atoms with Crippen molar-refractivity contribution in [2.24, 2.45) is 0 Å². The van der Waals surface area contributed by atoms with Crippen LogP contribution in [0.5, 0.6) is 5.75 Å². The van der Waals surface area contributed by atoms with Crippen molar-refractivity contribution < 1.29 is 23.4 Å². The SMILES string of the molecule is CCc1ccc(-c2nsc(CF)c2COc2ccc(CCC(=O)O)c(C)c2C)c(F)c1. The normalized spacial score (nSPS) is 11.0. The van der Waals surface area contributed by atoms with E-state index in [1.165, 1.54) is 6.07 Å². The van der Waals surface area contributed by atoms with Crippen molar-refractivity contribution in [2.45, 2.75) is 53.3 Å². The first-order valence-electron chi connectivity index (χ1n) is 10.1. The minimum Gasteiger partial charge on any atom is -0.488 e. The average Bonchev–Trinajstić information content (AvgIpc) is 3.16. The second-order valence-electron chi connectivity index (χ2n) is 7.39. The third kappa shape index (κ3) is 5.10. The molecule has 1 aromatic heterocycles. The maximum Gasteiger partial charge on any atom is 0.303 e. The third-order valence-corrected chi connectivity index (χ3v) is 6.37. The Morgan fingerprint density at radius 2 is 1.97 bits per heavy atom. The second-order valence-corrected chi connectivity index (χ2v) is 8.25. The zero-order valence-electron chi connectivity index (χ0n) is 17.8. The second kappa shape index (κ2) is 10.0. The number of carbonyl (C=O) groups is 1. The molecular formula is C24H25F2NO3S. The molecular weight excluding hydrogens is 420 g/mol. The van der Waals surface area contributed by atoms with Gasteiger partial charge in [-0.15, -0.1) is 0 Å². The maximum atomic E-state index is 14.7. The Morgan fingerprint density at radius 3 is 2.61 bits per heavy atom. The van der Waals surface area contributed by atoms with Gasteiger partial charge in [0, 0.05) is 17.5 Å². The smallest absolute Gasteiger partial charge is 0.303 e. The monoisotopic (exact) mass is 445 g/mol. The standard InChI is InChI=1S/C24H25F2NO3S/c1-4-16-5-8-18(20(26)11-16)24-19(22(12-25)31-27-24)13-30-21-9-6-17(7-10-23(28)29)14(2)15(21)3/h5-6,8-9,11H,4,7,10,12-13H2,1-3H3,(H,28,29). The highest BCUT2D eigenvalue weighted by molar-refractivity contribution is 7.06. The van der Waals surface area contributed by atoms with E-state index in [1.54, 1.807) is 12.1 Å². The predicted molar refractivity (Wildman–Crippen MR) is 118 cm³/mol. The Morgan fingerprint density at radius 1 is 1.19 bits per heavy atom. The number of hydrogen-bond donors (Lipinski definition) is 1. The van der Waals surface area contributed by atoms with Crippen LogP contribution in [0.3, 0.4) is 0 Å². The topological polar surface area (TPSA) is 59.4 Å². The summed E-state index contributed by atoms with van der Waals surface area (Å²) >= 11 is 1.02. The molecule has 0 aliphatic rings. The molecule has 0 saturated heterocycles. The minimum absolute atomic E-state index is 0.0622. The summed E-state index contributed by atoms with van der Waals surface area (Å²) in [5.74, 6) is -0.598. The van der Waals surface area contributed by atoms with Gasteiger partial charge in [0.05, 0.1) is 10.6 Å². The van der Waals surface area contributed by atoms with E-state index in [2.05, 4.69) is 4.37 Å². The Bertz CT molecular complexity index is 1090. The Labute approximate surface area is 184 Å². The van der Waals surface area contributed by atoms with E-state index in [0.717, 1.165) is 40.2 Å². The van der Waals surface area contributed by atoms with Crippen molar-refractivity contribution in [3.05, 3.63) is 68.8 Å². The highest BCUT2D eigenvalue weighted by Gasteiger charge is 2.20. The summed E-state index contributed by atoms with van der Waals surface area (Å²) in [6.07, 6.45) is 1.23. The van der Waals surface area contributed by atoms with Gasteiger partial charge >= 0.3 is 5.97 Å². The number of carboxylic acid groups (broad SMARTS) is 1. The number of nitrogens with zero attached hydrogens (tertiary/aromatic N) is 1. The number of aliphatic carboxylic acids is 1. The molecule has 31 heavy (non-hydrogen) atoms. The minimum atomic E-state index is -0.840.